The molecule has 0 bridgehead atoms. The number of phenolic OH excluding ortho intramolecular Hbond substituents is 1. The number of hydrogen-bond donors (Lipinski definition) is 2. The first-order valence-electron chi connectivity index (χ1n) is 7.05. The van der Waals surface area contributed by atoms with Crippen LogP contribution in [0.25, 0.3) is 0 Å². The van der Waals surface area contributed by atoms with E-state index in [0.717, 1.165) is 18.7 Å². The number of ether oxygens (including phenoxy) is 1. The van der Waals surface area contributed by atoms with Crippen molar-refractivity contribution < 1.29 is 9.84 Å². The zero-order valence-corrected chi connectivity index (χ0v) is 12.3. The fourth-order valence-electron chi connectivity index (χ4n) is 2.34. The van der Waals surface area contributed by atoms with Crippen molar-refractivity contribution in [2.24, 2.45) is 5.73 Å². The second-order valence-corrected chi connectivity index (χ2v) is 4.95. The van der Waals surface area contributed by atoms with Crippen molar-refractivity contribution in [3.8, 4) is 11.5 Å². The number of nitrogens with zero attached hydrogens (tertiary/aromatic N) is 1. The lowest BCUT2D eigenvalue weighted by Crippen LogP contribution is -2.28. The highest BCUT2D eigenvalue weighted by Crippen LogP contribution is 2.30. The monoisotopic (exact) mass is 286 g/mol. The van der Waals surface area contributed by atoms with Crippen molar-refractivity contribution >= 4 is 0 Å². The fraction of sp³-hybridized carbons (Fsp3) is 0.294. The van der Waals surface area contributed by atoms with Gasteiger partial charge in [0.2, 0.25) is 0 Å². The summed E-state index contributed by atoms with van der Waals surface area (Å²) in [7, 11) is 1.56. The Labute approximate surface area is 125 Å². The molecule has 0 radical (unpaired) electrons. The number of nitrogens with two attached hydrogens (primary N) is 1. The molecule has 0 amide bonds. The van der Waals surface area contributed by atoms with Gasteiger partial charge in [-0.3, -0.25) is 4.90 Å². The summed E-state index contributed by atoms with van der Waals surface area (Å²) in [5.74, 6) is 0.704. The van der Waals surface area contributed by atoms with Crippen molar-refractivity contribution in [2.45, 2.75) is 13.1 Å². The number of methoxy groups -OCH3 is 1. The average molecular weight is 286 g/mol. The van der Waals surface area contributed by atoms with Crippen molar-refractivity contribution in [2.75, 3.05) is 20.2 Å². The molecule has 21 heavy (non-hydrogen) atoms. The molecule has 0 spiro atoms. The van der Waals surface area contributed by atoms with Gasteiger partial charge in [0.05, 0.1) is 7.11 Å². The van der Waals surface area contributed by atoms with Gasteiger partial charge in [-0.1, -0.05) is 42.5 Å². The number of phenols is 1. The molecule has 2 rings (SSSR count). The van der Waals surface area contributed by atoms with Gasteiger partial charge >= 0.3 is 0 Å². The van der Waals surface area contributed by atoms with E-state index in [9.17, 15) is 5.11 Å². The first-order valence-corrected chi connectivity index (χ1v) is 7.05. The topological polar surface area (TPSA) is 58.7 Å². The predicted octanol–water partition coefficient (Wildman–Crippen LogP) is 2.36. The molecule has 0 heterocycles. The molecule has 0 unspecified atom stereocenters. The standard InChI is InChI=1S/C17H22N2O2/c1-21-16-9-5-8-15(17(16)20)13-19(11-10-18)12-14-6-3-2-4-7-14/h2-9,20H,10-13,18H2,1H3. The maximum absolute atomic E-state index is 10.2. The van der Waals surface area contributed by atoms with Crippen LogP contribution in [0.5, 0.6) is 11.5 Å². The minimum Gasteiger partial charge on any atom is -0.504 e. The second kappa shape index (κ2) is 7.67. The van der Waals surface area contributed by atoms with Crippen LogP contribution in [0.1, 0.15) is 11.1 Å². The number of hydrogen-bond acceptors (Lipinski definition) is 4. The van der Waals surface area contributed by atoms with Crippen LogP contribution in [0.15, 0.2) is 48.5 Å². The predicted molar refractivity (Wildman–Crippen MR) is 84.3 cm³/mol. The van der Waals surface area contributed by atoms with Gasteiger partial charge < -0.3 is 15.6 Å². The summed E-state index contributed by atoms with van der Waals surface area (Å²) in [6.45, 7) is 2.78. The van der Waals surface area contributed by atoms with E-state index in [1.54, 1.807) is 13.2 Å². The Morgan fingerprint density at radius 3 is 2.48 bits per heavy atom. The number of para-hydroxylation sites is 1. The van der Waals surface area contributed by atoms with Crippen LogP contribution in [-0.4, -0.2) is 30.2 Å². The smallest absolute Gasteiger partial charge is 0.162 e. The molecule has 3 N–H and O–H groups in total. The van der Waals surface area contributed by atoms with Gasteiger partial charge in [-0.25, -0.2) is 0 Å². The molecule has 4 heteroatoms. The van der Waals surface area contributed by atoms with Gasteiger partial charge in [0.25, 0.3) is 0 Å². The summed E-state index contributed by atoms with van der Waals surface area (Å²) in [4.78, 5) is 2.21. The highest BCUT2D eigenvalue weighted by molar-refractivity contribution is 5.45. The van der Waals surface area contributed by atoms with Crippen LogP contribution >= 0.6 is 0 Å². The highest BCUT2D eigenvalue weighted by atomic mass is 16.5. The Morgan fingerprint density at radius 1 is 1.05 bits per heavy atom. The van der Waals surface area contributed by atoms with E-state index in [-0.39, 0.29) is 5.75 Å². The lowest BCUT2D eigenvalue weighted by Gasteiger charge is -2.22. The summed E-state index contributed by atoms with van der Waals surface area (Å²) in [6, 6.07) is 15.8. The molecule has 0 aromatic heterocycles. The van der Waals surface area contributed by atoms with Gasteiger partial charge in [0.1, 0.15) is 0 Å². The summed E-state index contributed by atoms with van der Waals surface area (Å²) in [5, 5.41) is 10.2. The SMILES string of the molecule is COc1cccc(CN(CCN)Cc2ccccc2)c1O. The van der Waals surface area contributed by atoms with Crippen LogP contribution in [0.4, 0.5) is 0 Å². The quantitative estimate of drug-likeness (QED) is 0.820. The van der Waals surface area contributed by atoms with Crippen molar-refractivity contribution in [1.29, 1.82) is 0 Å². The van der Waals surface area contributed by atoms with E-state index in [1.165, 1.54) is 5.56 Å². The lowest BCUT2D eigenvalue weighted by molar-refractivity contribution is 0.259. The van der Waals surface area contributed by atoms with Gasteiger partial charge in [-0.15, -0.1) is 0 Å². The summed E-state index contributed by atoms with van der Waals surface area (Å²) in [6.07, 6.45) is 0. The second-order valence-electron chi connectivity index (χ2n) is 4.95. The van der Waals surface area contributed by atoms with E-state index in [1.807, 2.05) is 30.3 Å². The molecule has 0 atom stereocenters. The third-order valence-electron chi connectivity index (χ3n) is 3.39. The third-order valence-corrected chi connectivity index (χ3v) is 3.39. The maximum Gasteiger partial charge on any atom is 0.162 e. The molecule has 4 nitrogen and oxygen atoms in total. The van der Waals surface area contributed by atoms with Crippen LogP contribution < -0.4 is 10.5 Å². The van der Waals surface area contributed by atoms with Crippen molar-refractivity contribution in [3.63, 3.8) is 0 Å². The Morgan fingerprint density at radius 2 is 1.81 bits per heavy atom. The Bertz CT molecular complexity index is 558. The first kappa shape index (κ1) is 15.4. The number of aromatic hydroxyl groups is 1. The molecule has 0 aliphatic heterocycles. The highest BCUT2D eigenvalue weighted by Gasteiger charge is 2.12. The Balaban J connectivity index is 2.13. The van der Waals surface area contributed by atoms with Crippen molar-refractivity contribution in [3.05, 3.63) is 59.7 Å². The largest absolute Gasteiger partial charge is 0.504 e. The summed E-state index contributed by atoms with van der Waals surface area (Å²) >= 11 is 0. The minimum absolute atomic E-state index is 0.204. The Hall–Kier alpha value is -2.04. The van der Waals surface area contributed by atoms with E-state index in [0.29, 0.717) is 18.8 Å². The number of benzene rings is 2. The average Bonchev–Trinajstić information content (AvgIpc) is 2.50. The molecule has 0 saturated heterocycles. The van der Waals surface area contributed by atoms with Crippen LogP contribution in [0.2, 0.25) is 0 Å². The zero-order chi connectivity index (χ0) is 15.1. The minimum atomic E-state index is 0.204. The van der Waals surface area contributed by atoms with Crippen molar-refractivity contribution in [1.82, 2.24) is 4.90 Å². The molecule has 0 fully saturated rings. The van der Waals surface area contributed by atoms with Gasteiger partial charge in [0.15, 0.2) is 11.5 Å². The maximum atomic E-state index is 10.2. The normalized spacial score (nSPS) is 10.8. The van der Waals surface area contributed by atoms with Crippen LogP contribution in [0.3, 0.4) is 0 Å². The van der Waals surface area contributed by atoms with E-state index in [4.69, 9.17) is 10.5 Å². The molecular weight excluding hydrogens is 264 g/mol. The first-order chi connectivity index (χ1) is 10.2. The molecular formula is C17H22N2O2. The summed E-state index contributed by atoms with van der Waals surface area (Å²) < 4.78 is 5.15. The Kier molecular flexibility index (Phi) is 5.60. The lowest BCUT2D eigenvalue weighted by atomic mass is 10.1. The van der Waals surface area contributed by atoms with Gasteiger partial charge in [-0.05, 0) is 11.6 Å². The van der Waals surface area contributed by atoms with E-state index < -0.39 is 0 Å². The molecule has 2 aromatic carbocycles. The molecule has 0 saturated carbocycles. The van der Waals surface area contributed by atoms with E-state index in [2.05, 4.69) is 17.0 Å². The molecule has 2 aromatic rings. The van der Waals surface area contributed by atoms with Gasteiger partial charge in [-0.2, -0.15) is 0 Å². The van der Waals surface area contributed by atoms with Crippen LogP contribution in [-0.2, 0) is 13.1 Å². The molecule has 0 aliphatic rings. The number of rotatable bonds is 7. The fourth-order valence-corrected chi connectivity index (χ4v) is 2.34. The molecule has 0 aliphatic carbocycles. The van der Waals surface area contributed by atoms with E-state index >= 15 is 0 Å². The van der Waals surface area contributed by atoms with Crippen LogP contribution in [0, 0.1) is 0 Å². The zero-order valence-electron chi connectivity index (χ0n) is 12.3. The summed E-state index contributed by atoms with van der Waals surface area (Å²) in [5.41, 5.74) is 7.78. The van der Waals surface area contributed by atoms with Gasteiger partial charge in [0, 0.05) is 31.7 Å². The molecule has 112 valence electrons. The third kappa shape index (κ3) is 4.21.